The Morgan fingerprint density at radius 3 is 2.60 bits per heavy atom. The number of benzene rings is 2. The second-order valence-electron chi connectivity index (χ2n) is 4.09. The SMILES string of the molecule is COc1cc(Cl)cc(CNc2ccc(Cl)cc2F)c1O. The summed E-state index contributed by atoms with van der Waals surface area (Å²) in [5.74, 6) is -0.226. The first-order chi connectivity index (χ1) is 9.51. The Morgan fingerprint density at radius 1 is 1.20 bits per heavy atom. The fourth-order valence-corrected chi connectivity index (χ4v) is 2.13. The van der Waals surface area contributed by atoms with Gasteiger partial charge in [0.25, 0.3) is 0 Å². The van der Waals surface area contributed by atoms with Gasteiger partial charge < -0.3 is 15.2 Å². The van der Waals surface area contributed by atoms with Crippen molar-refractivity contribution in [2.45, 2.75) is 6.54 Å². The fraction of sp³-hybridized carbons (Fsp3) is 0.143. The van der Waals surface area contributed by atoms with Crippen LogP contribution in [0.5, 0.6) is 11.5 Å². The van der Waals surface area contributed by atoms with Gasteiger partial charge in [-0.25, -0.2) is 4.39 Å². The van der Waals surface area contributed by atoms with E-state index in [2.05, 4.69) is 5.32 Å². The summed E-state index contributed by atoms with van der Waals surface area (Å²) >= 11 is 11.6. The van der Waals surface area contributed by atoms with Crippen LogP contribution < -0.4 is 10.1 Å². The van der Waals surface area contributed by atoms with Crippen LogP contribution in [0.1, 0.15) is 5.56 Å². The standard InChI is InChI=1S/C14H12Cl2FNO2/c1-20-13-6-10(16)4-8(14(13)19)7-18-12-3-2-9(15)5-11(12)17/h2-6,18-19H,7H2,1H3. The molecule has 2 rings (SSSR count). The molecule has 0 aliphatic rings. The van der Waals surface area contributed by atoms with Gasteiger partial charge in [-0.1, -0.05) is 23.2 Å². The quantitative estimate of drug-likeness (QED) is 0.875. The van der Waals surface area contributed by atoms with Crippen LogP contribution in [-0.2, 0) is 6.54 Å². The zero-order chi connectivity index (χ0) is 14.7. The maximum atomic E-state index is 13.6. The lowest BCUT2D eigenvalue weighted by atomic mass is 10.1. The third-order valence-electron chi connectivity index (χ3n) is 2.74. The number of anilines is 1. The number of aromatic hydroxyl groups is 1. The van der Waals surface area contributed by atoms with Gasteiger partial charge in [-0.3, -0.25) is 0 Å². The summed E-state index contributed by atoms with van der Waals surface area (Å²) in [6.07, 6.45) is 0. The maximum Gasteiger partial charge on any atom is 0.162 e. The Morgan fingerprint density at radius 2 is 1.95 bits per heavy atom. The lowest BCUT2D eigenvalue weighted by Gasteiger charge is -2.12. The van der Waals surface area contributed by atoms with Crippen molar-refractivity contribution >= 4 is 28.9 Å². The molecule has 2 N–H and O–H groups in total. The molecule has 0 fully saturated rings. The Balaban J connectivity index is 2.20. The average molecular weight is 316 g/mol. The highest BCUT2D eigenvalue weighted by Gasteiger charge is 2.11. The number of nitrogens with one attached hydrogen (secondary N) is 1. The molecule has 0 heterocycles. The molecule has 0 aliphatic heterocycles. The smallest absolute Gasteiger partial charge is 0.162 e. The van der Waals surface area contributed by atoms with Gasteiger partial charge in [0.05, 0.1) is 12.8 Å². The van der Waals surface area contributed by atoms with Crippen LogP contribution in [0.4, 0.5) is 10.1 Å². The molecule has 0 bridgehead atoms. The number of hydrogen-bond acceptors (Lipinski definition) is 3. The Labute approximate surface area is 125 Å². The van der Waals surface area contributed by atoms with Gasteiger partial charge >= 0.3 is 0 Å². The summed E-state index contributed by atoms with van der Waals surface area (Å²) in [4.78, 5) is 0. The lowest BCUT2D eigenvalue weighted by molar-refractivity contribution is 0.371. The second-order valence-corrected chi connectivity index (χ2v) is 4.97. The summed E-state index contributed by atoms with van der Waals surface area (Å²) < 4.78 is 18.6. The van der Waals surface area contributed by atoms with Gasteiger partial charge in [0, 0.05) is 28.2 Å². The molecule has 106 valence electrons. The van der Waals surface area contributed by atoms with Gasteiger partial charge in [0.2, 0.25) is 0 Å². The van der Waals surface area contributed by atoms with Crippen molar-refractivity contribution in [1.29, 1.82) is 0 Å². The van der Waals surface area contributed by atoms with Crippen molar-refractivity contribution in [3.05, 3.63) is 51.8 Å². The molecule has 0 spiro atoms. The van der Waals surface area contributed by atoms with Crippen molar-refractivity contribution in [1.82, 2.24) is 0 Å². The minimum atomic E-state index is -0.467. The summed E-state index contributed by atoms with van der Waals surface area (Å²) in [6.45, 7) is 0.196. The summed E-state index contributed by atoms with van der Waals surface area (Å²) in [5, 5.41) is 13.6. The minimum absolute atomic E-state index is 0.0289. The van der Waals surface area contributed by atoms with E-state index in [1.165, 1.54) is 25.3 Å². The van der Waals surface area contributed by atoms with Gasteiger partial charge in [-0.2, -0.15) is 0 Å². The highest BCUT2D eigenvalue weighted by atomic mass is 35.5. The van der Waals surface area contributed by atoms with Crippen molar-refractivity contribution in [3.63, 3.8) is 0 Å². The summed E-state index contributed by atoms with van der Waals surface area (Å²) in [6, 6.07) is 7.40. The third kappa shape index (κ3) is 3.26. The van der Waals surface area contributed by atoms with E-state index in [-0.39, 0.29) is 23.7 Å². The van der Waals surface area contributed by atoms with E-state index in [1.807, 2.05) is 0 Å². The second kappa shape index (κ2) is 6.20. The first-order valence-corrected chi connectivity index (χ1v) is 6.51. The van der Waals surface area contributed by atoms with E-state index in [0.29, 0.717) is 15.6 Å². The average Bonchev–Trinajstić information content (AvgIpc) is 2.41. The van der Waals surface area contributed by atoms with Crippen molar-refractivity contribution < 1.29 is 14.2 Å². The van der Waals surface area contributed by atoms with Crippen molar-refractivity contribution in [3.8, 4) is 11.5 Å². The Hall–Kier alpha value is -1.65. The monoisotopic (exact) mass is 315 g/mol. The molecular formula is C14H12Cl2FNO2. The molecule has 6 heteroatoms. The van der Waals surface area contributed by atoms with Gasteiger partial charge in [0.1, 0.15) is 5.82 Å². The molecule has 2 aromatic rings. The molecule has 20 heavy (non-hydrogen) atoms. The van der Waals surface area contributed by atoms with Gasteiger partial charge in [-0.15, -0.1) is 0 Å². The van der Waals surface area contributed by atoms with Crippen LogP contribution >= 0.6 is 23.2 Å². The molecule has 0 saturated heterocycles. The molecule has 0 aliphatic carbocycles. The predicted octanol–water partition coefficient (Wildman–Crippen LogP) is 4.46. The Bertz CT molecular complexity index is 635. The van der Waals surface area contributed by atoms with E-state index in [9.17, 15) is 9.50 Å². The Kier molecular flexibility index (Phi) is 4.57. The van der Waals surface area contributed by atoms with Crippen molar-refractivity contribution in [2.24, 2.45) is 0 Å². The topological polar surface area (TPSA) is 41.5 Å². The normalized spacial score (nSPS) is 10.4. The maximum absolute atomic E-state index is 13.6. The highest BCUT2D eigenvalue weighted by Crippen LogP contribution is 2.34. The van der Waals surface area contributed by atoms with Crippen LogP contribution in [0, 0.1) is 5.82 Å². The largest absolute Gasteiger partial charge is 0.504 e. The molecule has 0 amide bonds. The zero-order valence-electron chi connectivity index (χ0n) is 10.6. The van der Waals surface area contributed by atoms with E-state index >= 15 is 0 Å². The molecule has 0 aromatic heterocycles. The van der Waals surface area contributed by atoms with Crippen LogP contribution in [0.25, 0.3) is 0 Å². The molecule has 0 unspecified atom stereocenters. The number of halogens is 3. The van der Waals surface area contributed by atoms with E-state index in [4.69, 9.17) is 27.9 Å². The molecule has 0 saturated carbocycles. The van der Waals surface area contributed by atoms with Crippen LogP contribution in [0.3, 0.4) is 0 Å². The van der Waals surface area contributed by atoms with Crippen LogP contribution in [0.15, 0.2) is 30.3 Å². The number of rotatable bonds is 4. The zero-order valence-corrected chi connectivity index (χ0v) is 12.1. The fourth-order valence-electron chi connectivity index (χ4n) is 1.74. The van der Waals surface area contributed by atoms with Crippen LogP contribution in [0.2, 0.25) is 10.0 Å². The number of methoxy groups -OCH3 is 1. The predicted molar refractivity (Wildman–Crippen MR) is 78.4 cm³/mol. The number of ether oxygens (including phenoxy) is 1. The number of phenols is 1. The van der Waals surface area contributed by atoms with E-state index in [0.717, 1.165) is 0 Å². The molecule has 0 atom stereocenters. The lowest BCUT2D eigenvalue weighted by Crippen LogP contribution is -2.02. The van der Waals surface area contributed by atoms with E-state index < -0.39 is 5.82 Å². The van der Waals surface area contributed by atoms with E-state index in [1.54, 1.807) is 12.1 Å². The van der Waals surface area contributed by atoms with Gasteiger partial charge in [0.15, 0.2) is 11.5 Å². The third-order valence-corrected chi connectivity index (χ3v) is 3.19. The highest BCUT2D eigenvalue weighted by molar-refractivity contribution is 6.31. The minimum Gasteiger partial charge on any atom is -0.504 e. The van der Waals surface area contributed by atoms with Gasteiger partial charge in [-0.05, 0) is 24.3 Å². The first kappa shape index (κ1) is 14.8. The van der Waals surface area contributed by atoms with Crippen molar-refractivity contribution in [2.75, 3.05) is 12.4 Å². The summed E-state index contributed by atoms with van der Waals surface area (Å²) in [5.41, 5.74) is 0.788. The van der Waals surface area contributed by atoms with Crippen LogP contribution in [-0.4, -0.2) is 12.2 Å². The summed E-state index contributed by atoms with van der Waals surface area (Å²) in [7, 11) is 1.43. The molecule has 2 aromatic carbocycles. The number of phenolic OH excluding ortho intramolecular Hbond substituents is 1. The molecular weight excluding hydrogens is 304 g/mol. The first-order valence-electron chi connectivity index (χ1n) is 5.75. The molecule has 3 nitrogen and oxygen atoms in total. The molecule has 0 radical (unpaired) electrons. The number of hydrogen-bond donors (Lipinski definition) is 2.